The van der Waals surface area contributed by atoms with Crippen LogP contribution in [0.3, 0.4) is 0 Å². The summed E-state index contributed by atoms with van der Waals surface area (Å²) in [5, 5.41) is 4.01. The normalized spacial score (nSPS) is 11.3. The maximum Gasteiger partial charge on any atom is 0.274 e. The number of sulfone groups is 1. The lowest BCUT2D eigenvalue weighted by Crippen LogP contribution is -2.14. The zero-order chi connectivity index (χ0) is 19.6. The number of hydrogen-bond acceptors (Lipinski definition) is 4. The lowest BCUT2D eigenvalue weighted by Gasteiger charge is -2.13. The highest BCUT2D eigenvalue weighted by Crippen LogP contribution is 2.32. The highest BCUT2D eigenvalue weighted by atomic mass is 32.2. The van der Waals surface area contributed by atoms with Gasteiger partial charge in [-0.2, -0.15) is 0 Å². The third kappa shape index (κ3) is 3.25. The Kier molecular flexibility index (Phi) is 4.63. The molecule has 1 heterocycles. The molecule has 1 amide bonds. The van der Waals surface area contributed by atoms with E-state index in [1.807, 2.05) is 0 Å². The van der Waals surface area contributed by atoms with Crippen LogP contribution in [0.4, 0.5) is 5.69 Å². The molecule has 0 fully saturated rings. The van der Waals surface area contributed by atoms with Gasteiger partial charge in [0.2, 0.25) is 9.84 Å². The van der Waals surface area contributed by atoms with E-state index in [1.54, 1.807) is 85.1 Å². The summed E-state index contributed by atoms with van der Waals surface area (Å²) in [5.41, 5.74) is 0.811. The number of carbonyl (C=O) groups is 1. The maximum atomic E-state index is 13.1. The summed E-state index contributed by atoms with van der Waals surface area (Å²) in [4.78, 5) is 16.9. The maximum absolute atomic E-state index is 13.1. The molecule has 6 heteroatoms. The van der Waals surface area contributed by atoms with Crippen LogP contribution < -0.4 is 5.32 Å². The van der Waals surface area contributed by atoms with Crippen LogP contribution in [0.15, 0.2) is 101 Å². The van der Waals surface area contributed by atoms with Crippen molar-refractivity contribution in [3.63, 3.8) is 0 Å². The van der Waals surface area contributed by atoms with Crippen LogP contribution in [0.25, 0.3) is 10.8 Å². The Balaban J connectivity index is 1.81. The summed E-state index contributed by atoms with van der Waals surface area (Å²) in [6.45, 7) is 0. The summed E-state index contributed by atoms with van der Waals surface area (Å²) in [6.07, 6.45) is 1.54. The van der Waals surface area contributed by atoms with Crippen LogP contribution in [-0.4, -0.2) is 19.3 Å². The number of nitrogens with one attached hydrogen (secondary N) is 1. The van der Waals surface area contributed by atoms with Crippen molar-refractivity contribution < 1.29 is 13.2 Å². The van der Waals surface area contributed by atoms with Gasteiger partial charge in [-0.3, -0.25) is 9.78 Å². The Bertz CT molecular complexity index is 1250. The van der Waals surface area contributed by atoms with Gasteiger partial charge in [-0.1, -0.05) is 48.5 Å². The summed E-state index contributed by atoms with van der Waals surface area (Å²) >= 11 is 0. The second kappa shape index (κ2) is 7.25. The highest BCUT2D eigenvalue weighted by Gasteiger charge is 2.21. The third-order valence-electron chi connectivity index (χ3n) is 4.37. The fourth-order valence-electron chi connectivity index (χ4n) is 3.02. The van der Waals surface area contributed by atoms with Gasteiger partial charge in [-0.25, -0.2) is 8.42 Å². The van der Waals surface area contributed by atoms with Gasteiger partial charge in [0.25, 0.3) is 5.91 Å². The molecule has 3 aromatic carbocycles. The van der Waals surface area contributed by atoms with Crippen LogP contribution in [0, 0.1) is 0 Å². The first-order chi connectivity index (χ1) is 13.6. The second-order valence-corrected chi connectivity index (χ2v) is 8.06. The van der Waals surface area contributed by atoms with E-state index < -0.39 is 9.84 Å². The van der Waals surface area contributed by atoms with Crippen molar-refractivity contribution in [1.82, 2.24) is 4.98 Å². The highest BCUT2D eigenvalue weighted by molar-refractivity contribution is 7.91. The molecule has 5 nitrogen and oxygen atoms in total. The van der Waals surface area contributed by atoms with Crippen molar-refractivity contribution in [2.75, 3.05) is 5.32 Å². The smallest absolute Gasteiger partial charge is 0.274 e. The van der Waals surface area contributed by atoms with Crippen LogP contribution in [-0.2, 0) is 9.84 Å². The van der Waals surface area contributed by atoms with Gasteiger partial charge in [0.1, 0.15) is 5.69 Å². The van der Waals surface area contributed by atoms with E-state index in [0.29, 0.717) is 16.5 Å². The van der Waals surface area contributed by atoms with E-state index in [0.717, 1.165) is 0 Å². The molecule has 0 aliphatic rings. The van der Waals surface area contributed by atoms with Gasteiger partial charge >= 0.3 is 0 Å². The molecule has 0 saturated heterocycles. The molecule has 0 saturated carbocycles. The average molecular weight is 388 g/mol. The van der Waals surface area contributed by atoms with Crippen molar-refractivity contribution in [3.8, 4) is 0 Å². The number of nitrogens with zero attached hydrogens (tertiary/aromatic N) is 1. The Hall–Kier alpha value is -3.51. The molecule has 0 atom stereocenters. The Morgan fingerprint density at radius 2 is 1.43 bits per heavy atom. The molecule has 0 unspecified atom stereocenters. The summed E-state index contributed by atoms with van der Waals surface area (Å²) in [7, 11) is -3.69. The first-order valence-corrected chi connectivity index (χ1v) is 10.1. The molecule has 138 valence electrons. The largest absolute Gasteiger partial charge is 0.320 e. The van der Waals surface area contributed by atoms with Gasteiger partial charge in [0, 0.05) is 22.7 Å². The zero-order valence-electron chi connectivity index (χ0n) is 14.7. The summed E-state index contributed by atoms with van der Waals surface area (Å²) in [6, 6.07) is 23.6. The van der Waals surface area contributed by atoms with Crippen LogP contribution in [0.2, 0.25) is 0 Å². The molecule has 0 bridgehead atoms. The number of carbonyl (C=O) groups excluding carboxylic acids is 1. The first-order valence-electron chi connectivity index (χ1n) is 8.61. The van der Waals surface area contributed by atoms with Gasteiger partial charge < -0.3 is 5.32 Å². The van der Waals surface area contributed by atoms with Crippen LogP contribution >= 0.6 is 0 Å². The molecular formula is C22H16N2O3S. The Morgan fingerprint density at radius 1 is 0.750 bits per heavy atom. The van der Waals surface area contributed by atoms with E-state index in [4.69, 9.17) is 0 Å². The lowest BCUT2D eigenvalue weighted by atomic mass is 10.1. The van der Waals surface area contributed by atoms with Gasteiger partial charge in [0.15, 0.2) is 0 Å². The second-order valence-electron chi connectivity index (χ2n) is 6.14. The molecule has 28 heavy (non-hydrogen) atoms. The van der Waals surface area contributed by atoms with E-state index in [9.17, 15) is 13.2 Å². The quantitative estimate of drug-likeness (QED) is 0.565. The number of anilines is 1. The molecule has 1 N–H and O–H groups in total. The summed E-state index contributed by atoms with van der Waals surface area (Å²) in [5.74, 6) is -0.357. The number of rotatable bonds is 4. The topological polar surface area (TPSA) is 76.1 Å². The van der Waals surface area contributed by atoms with E-state index >= 15 is 0 Å². The minimum absolute atomic E-state index is 0.199. The molecule has 0 radical (unpaired) electrons. The lowest BCUT2D eigenvalue weighted by molar-refractivity contribution is 0.102. The monoisotopic (exact) mass is 388 g/mol. The Morgan fingerprint density at radius 3 is 2.14 bits per heavy atom. The SMILES string of the molecule is O=C(Nc1ccc(S(=O)(=O)c2ccccc2)c2ccccc12)c1ccccn1. The fraction of sp³-hybridized carbons (Fsp3) is 0. The average Bonchev–Trinajstić information content (AvgIpc) is 2.75. The minimum Gasteiger partial charge on any atom is -0.320 e. The zero-order valence-corrected chi connectivity index (χ0v) is 15.6. The van der Waals surface area contributed by atoms with E-state index in [1.165, 1.54) is 6.07 Å². The van der Waals surface area contributed by atoms with Gasteiger partial charge in [-0.15, -0.1) is 0 Å². The number of pyridine rings is 1. The van der Waals surface area contributed by atoms with Crippen molar-refractivity contribution in [3.05, 3.63) is 96.8 Å². The molecule has 4 rings (SSSR count). The number of fused-ring (bicyclic) bond motifs is 1. The standard InChI is InChI=1S/C22H16N2O3S/c25-22(20-12-6-7-15-23-20)24-19-13-14-21(18-11-5-4-10-17(18)19)28(26,27)16-8-2-1-3-9-16/h1-15H,(H,24,25). The molecular weight excluding hydrogens is 372 g/mol. The summed E-state index contributed by atoms with van der Waals surface area (Å²) < 4.78 is 26.2. The van der Waals surface area contributed by atoms with Crippen molar-refractivity contribution in [2.24, 2.45) is 0 Å². The van der Waals surface area contributed by atoms with E-state index in [-0.39, 0.29) is 21.4 Å². The molecule has 0 aliphatic heterocycles. The van der Waals surface area contributed by atoms with E-state index in [2.05, 4.69) is 10.3 Å². The third-order valence-corrected chi connectivity index (χ3v) is 6.20. The van der Waals surface area contributed by atoms with Crippen LogP contribution in [0.5, 0.6) is 0 Å². The fourth-order valence-corrected chi connectivity index (χ4v) is 4.51. The Labute approximate surface area is 162 Å². The molecule has 0 aliphatic carbocycles. The number of benzene rings is 3. The predicted octanol–water partition coefficient (Wildman–Crippen LogP) is 4.32. The van der Waals surface area contributed by atoms with Crippen molar-refractivity contribution in [2.45, 2.75) is 9.79 Å². The van der Waals surface area contributed by atoms with Gasteiger partial charge in [0.05, 0.1) is 9.79 Å². The molecule has 0 spiro atoms. The number of aromatic nitrogens is 1. The number of hydrogen-bond donors (Lipinski definition) is 1. The van der Waals surface area contributed by atoms with Crippen molar-refractivity contribution >= 4 is 32.2 Å². The van der Waals surface area contributed by atoms with Gasteiger partial charge in [-0.05, 0) is 36.4 Å². The molecule has 4 aromatic rings. The molecule has 1 aromatic heterocycles. The number of amides is 1. The predicted molar refractivity (Wildman–Crippen MR) is 108 cm³/mol. The first kappa shape index (κ1) is 17.9. The van der Waals surface area contributed by atoms with Crippen LogP contribution in [0.1, 0.15) is 10.5 Å². The minimum atomic E-state index is -3.69. The van der Waals surface area contributed by atoms with Crippen molar-refractivity contribution in [1.29, 1.82) is 0 Å².